The van der Waals surface area contributed by atoms with Crippen LogP contribution in [0.5, 0.6) is 0 Å². The van der Waals surface area contributed by atoms with Crippen LogP contribution in [0, 0.1) is 6.92 Å². The van der Waals surface area contributed by atoms with Crippen LogP contribution in [0.1, 0.15) is 29.3 Å². The second kappa shape index (κ2) is 7.76. The van der Waals surface area contributed by atoms with Gasteiger partial charge in [-0.25, -0.2) is 0 Å². The van der Waals surface area contributed by atoms with Gasteiger partial charge in [-0.15, -0.1) is 0 Å². The Morgan fingerprint density at radius 1 is 1.00 bits per heavy atom. The van der Waals surface area contributed by atoms with E-state index in [9.17, 15) is 0 Å². The first-order valence-corrected chi connectivity index (χ1v) is 9.75. The summed E-state index contributed by atoms with van der Waals surface area (Å²) in [5.41, 5.74) is 9.26. The Bertz CT molecular complexity index is 1260. The minimum absolute atomic E-state index is 1.10. The van der Waals surface area contributed by atoms with Gasteiger partial charge in [-0.1, -0.05) is 55.7 Å². The predicted molar refractivity (Wildman–Crippen MR) is 126 cm³/mol. The molecular formula is C27H24N2. The second-order valence-corrected chi connectivity index (χ2v) is 7.06. The zero-order chi connectivity index (χ0) is 20.4. The van der Waals surface area contributed by atoms with Crippen LogP contribution in [-0.2, 0) is 0 Å². The van der Waals surface area contributed by atoms with Crippen molar-refractivity contribution < 1.29 is 0 Å². The van der Waals surface area contributed by atoms with Gasteiger partial charge in [0.25, 0.3) is 0 Å². The fraction of sp³-hybridized carbons (Fsp3) is 0.0741. The summed E-state index contributed by atoms with van der Waals surface area (Å²) in [4.78, 5) is 4.32. The maximum atomic E-state index is 4.32. The third-order valence-corrected chi connectivity index (χ3v) is 5.28. The number of pyridine rings is 1. The number of aryl methyl sites for hydroxylation is 1. The van der Waals surface area contributed by atoms with Crippen molar-refractivity contribution in [3.63, 3.8) is 0 Å². The smallest absolute Gasteiger partial charge is 0.0571 e. The van der Waals surface area contributed by atoms with E-state index < -0.39 is 0 Å². The maximum absolute atomic E-state index is 4.32. The highest BCUT2D eigenvalue weighted by Crippen LogP contribution is 2.33. The van der Waals surface area contributed by atoms with E-state index in [1.807, 2.05) is 31.5 Å². The number of hydrogen-bond acceptors (Lipinski definition) is 1. The normalized spacial score (nSPS) is 11.2. The summed E-state index contributed by atoms with van der Waals surface area (Å²) >= 11 is 0. The molecule has 2 heterocycles. The van der Waals surface area contributed by atoms with E-state index >= 15 is 0 Å². The number of rotatable bonds is 5. The van der Waals surface area contributed by atoms with Gasteiger partial charge in [0.2, 0.25) is 0 Å². The van der Waals surface area contributed by atoms with Gasteiger partial charge in [-0.2, -0.15) is 0 Å². The van der Waals surface area contributed by atoms with E-state index in [-0.39, 0.29) is 0 Å². The molecule has 0 aliphatic heterocycles. The molecule has 0 amide bonds. The molecule has 0 aliphatic carbocycles. The molecule has 0 spiro atoms. The lowest BCUT2D eigenvalue weighted by Crippen LogP contribution is -1.98. The quantitative estimate of drug-likeness (QED) is 0.357. The van der Waals surface area contributed by atoms with Crippen LogP contribution in [0.3, 0.4) is 0 Å². The summed E-state index contributed by atoms with van der Waals surface area (Å²) in [5.74, 6) is 0. The first kappa shape index (κ1) is 18.7. The number of nitrogens with zero attached hydrogens (tertiary/aromatic N) is 2. The maximum Gasteiger partial charge on any atom is 0.0571 e. The molecule has 0 saturated heterocycles. The molecule has 0 radical (unpaired) electrons. The summed E-state index contributed by atoms with van der Waals surface area (Å²) in [6.45, 7) is 12.1. The topological polar surface area (TPSA) is 17.8 Å². The van der Waals surface area contributed by atoms with Crippen LogP contribution in [-0.4, -0.2) is 9.55 Å². The summed E-state index contributed by atoms with van der Waals surface area (Å²) in [6, 6.07) is 17.2. The van der Waals surface area contributed by atoms with E-state index in [2.05, 4.69) is 90.3 Å². The molecule has 2 heteroatoms. The van der Waals surface area contributed by atoms with Gasteiger partial charge in [0.15, 0.2) is 0 Å². The van der Waals surface area contributed by atoms with Crippen LogP contribution >= 0.6 is 0 Å². The van der Waals surface area contributed by atoms with Gasteiger partial charge in [-0.3, -0.25) is 4.98 Å². The lowest BCUT2D eigenvalue weighted by Gasteiger charge is -2.13. The summed E-state index contributed by atoms with van der Waals surface area (Å²) in [5, 5.41) is 1.11. The van der Waals surface area contributed by atoms with Gasteiger partial charge in [0.1, 0.15) is 0 Å². The van der Waals surface area contributed by atoms with E-state index in [4.69, 9.17) is 0 Å². The lowest BCUT2D eigenvalue weighted by molar-refractivity contribution is 1.10. The number of aromatic nitrogens is 2. The fourth-order valence-electron chi connectivity index (χ4n) is 3.94. The largest absolute Gasteiger partial charge is 0.309 e. The Kier molecular flexibility index (Phi) is 5.01. The van der Waals surface area contributed by atoms with Crippen LogP contribution in [0.15, 0.2) is 80.2 Å². The number of hydrogen-bond donors (Lipinski definition) is 0. The van der Waals surface area contributed by atoms with Crippen molar-refractivity contribution in [3.05, 3.63) is 103 Å². The van der Waals surface area contributed by atoms with Crippen LogP contribution < -0.4 is 0 Å². The highest BCUT2D eigenvalue weighted by atomic mass is 15.0. The molecule has 4 aromatic rings. The van der Waals surface area contributed by atoms with Crippen molar-refractivity contribution in [1.29, 1.82) is 0 Å². The third-order valence-electron chi connectivity index (χ3n) is 5.28. The number of fused-ring (bicyclic) bond motifs is 1. The van der Waals surface area contributed by atoms with Crippen molar-refractivity contribution in [2.24, 2.45) is 0 Å². The molecule has 0 saturated carbocycles. The number of allylic oxidation sites excluding steroid dienone is 1. The Hall–Kier alpha value is -3.65. The highest BCUT2D eigenvalue weighted by molar-refractivity contribution is 5.94. The predicted octanol–water partition coefficient (Wildman–Crippen LogP) is 7.32. The van der Waals surface area contributed by atoms with E-state index in [0.29, 0.717) is 0 Å². The summed E-state index contributed by atoms with van der Waals surface area (Å²) in [7, 11) is 0. The summed E-state index contributed by atoms with van der Waals surface area (Å²) in [6.07, 6.45) is 11.7. The molecule has 0 fully saturated rings. The molecule has 142 valence electrons. The van der Waals surface area contributed by atoms with Crippen molar-refractivity contribution >= 4 is 29.1 Å². The molecule has 0 atom stereocenters. The van der Waals surface area contributed by atoms with E-state index in [1.165, 1.54) is 16.7 Å². The van der Waals surface area contributed by atoms with E-state index in [0.717, 1.165) is 33.4 Å². The fourth-order valence-corrected chi connectivity index (χ4v) is 3.94. The molecule has 2 aromatic heterocycles. The minimum Gasteiger partial charge on any atom is -0.309 e. The molecule has 29 heavy (non-hydrogen) atoms. The first-order chi connectivity index (χ1) is 14.2. The average Bonchev–Trinajstić information content (AvgIpc) is 3.07. The Balaban J connectivity index is 1.93. The molecule has 0 unspecified atom stereocenters. The average molecular weight is 377 g/mol. The lowest BCUT2D eigenvalue weighted by atomic mass is 9.98. The van der Waals surface area contributed by atoms with Crippen molar-refractivity contribution in [2.45, 2.75) is 13.8 Å². The van der Waals surface area contributed by atoms with Gasteiger partial charge in [-0.05, 0) is 66.4 Å². The van der Waals surface area contributed by atoms with Gasteiger partial charge < -0.3 is 4.57 Å². The van der Waals surface area contributed by atoms with Gasteiger partial charge >= 0.3 is 0 Å². The molecule has 0 N–H and O–H groups in total. The minimum atomic E-state index is 1.10. The van der Waals surface area contributed by atoms with Gasteiger partial charge in [0, 0.05) is 29.0 Å². The highest BCUT2D eigenvalue weighted by Gasteiger charge is 2.15. The second-order valence-electron chi connectivity index (χ2n) is 7.06. The summed E-state index contributed by atoms with van der Waals surface area (Å²) < 4.78 is 2.28. The molecule has 2 nitrogen and oxygen atoms in total. The Morgan fingerprint density at radius 3 is 2.59 bits per heavy atom. The molecule has 2 aromatic carbocycles. The molecule has 0 bridgehead atoms. The Labute approximate surface area is 172 Å². The van der Waals surface area contributed by atoms with Crippen LogP contribution in [0.25, 0.3) is 45.9 Å². The third kappa shape index (κ3) is 3.23. The SMILES string of the molecule is C=Cc1cccc(-c2ccc(-n3c(/C=C\C)c(C=C)c4cnccc43)cc2C)c1. The zero-order valence-corrected chi connectivity index (χ0v) is 16.9. The van der Waals surface area contributed by atoms with Crippen molar-refractivity contribution in [2.75, 3.05) is 0 Å². The molecule has 0 aliphatic rings. The standard InChI is InChI=1S/C27H24N2/c1-5-9-26-23(7-3)25-18-28-15-14-27(25)29(26)22-12-13-24(19(4)16-22)21-11-8-10-20(6-2)17-21/h5-18H,2-3H2,1,4H3/b9-5-. The number of benzene rings is 2. The zero-order valence-electron chi connectivity index (χ0n) is 16.9. The molecular weight excluding hydrogens is 352 g/mol. The molecule has 4 rings (SSSR count). The van der Waals surface area contributed by atoms with Crippen LogP contribution in [0.4, 0.5) is 0 Å². The Morgan fingerprint density at radius 2 is 1.86 bits per heavy atom. The monoisotopic (exact) mass is 376 g/mol. The van der Waals surface area contributed by atoms with Crippen molar-refractivity contribution in [1.82, 2.24) is 9.55 Å². The van der Waals surface area contributed by atoms with Gasteiger partial charge in [0.05, 0.1) is 11.2 Å². The van der Waals surface area contributed by atoms with Crippen LogP contribution in [0.2, 0.25) is 0 Å². The first-order valence-electron chi connectivity index (χ1n) is 9.75. The van der Waals surface area contributed by atoms with Crippen molar-refractivity contribution in [3.8, 4) is 16.8 Å². The van der Waals surface area contributed by atoms with E-state index in [1.54, 1.807) is 0 Å².